The molecule has 146 valence electrons. The zero-order chi connectivity index (χ0) is 19.9. The summed E-state index contributed by atoms with van der Waals surface area (Å²) >= 11 is 1.51. The molecule has 0 atom stereocenters. The summed E-state index contributed by atoms with van der Waals surface area (Å²) in [7, 11) is 1.63. The summed E-state index contributed by atoms with van der Waals surface area (Å²) < 4.78 is 7.20. The van der Waals surface area contributed by atoms with Gasteiger partial charge in [0, 0.05) is 30.7 Å². The number of amides is 1. The molecule has 1 aromatic heterocycles. The molecule has 7 heteroatoms. The number of aromatic nitrogens is 3. The Labute approximate surface area is 169 Å². The molecule has 6 nitrogen and oxygen atoms in total. The van der Waals surface area contributed by atoms with Gasteiger partial charge in [-0.15, -0.1) is 10.2 Å². The highest BCUT2D eigenvalue weighted by Crippen LogP contribution is 2.23. The number of hydrogen-bond donors (Lipinski definition) is 1. The van der Waals surface area contributed by atoms with Crippen LogP contribution in [-0.2, 0) is 16.1 Å². The predicted octanol–water partition coefficient (Wildman–Crippen LogP) is 4.15. The molecule has 0 spiro atoms. The van der Waals surface area contributed by atoms with Gasteiger partial charge in [-0.25, -0.2) is 0 Å². The number of nitrogens with one attached hydrogen (secondary N) is 1. The van der Waals surface area contributed by atoms with Crippen LogP contribution in [0.2, 0.25) is 0 Å². The second kappa shape index (κ2) is 9.52. The van der Waals surface area contributed by atoms with Crippen molar-refractivity contribution in [2.45, 2.75) is 32.0 Å². The minimum Gasteiger partial charge on any atom is -0.377 e. The number of thioether (sulfide) groups is 1. The van der Waals surface area contributed by atoms with Crippen molar-refractivity contribution < 1.29 is 9.53 Å². The molecule has 0 saturated carbocycles. The van der Waals surface area contributed by atoms with E-state index in [4.69, 9.17) is 4.74 Å². The lowest BCUT2D eigenvalue weighted by atomic mass is 10.1. The molecule has 2 aromatic carbocycles. The second-order valence-electron chi connectivity index (χ2n) is 6.47. The first-order valence-corrected chi connectivity index (χ1v) is 10.1. The van der Waals surface area contributed by atoms with Crippen molar-refractivity contribution in [2.24, 2.45) is 0 Å². The Morgan fingerprint density at radius 3 is 2.64 bits per heavy atom. The van der Waals surface area contributed by atoms with E-state index in [-0.39, 0.29) is 5.91 Å². The van der Waals surface area contributed by atoms with Gasteiger partial charge in [0.2, 0.25) is 5.91 Å². The molecular weight excluding hydrogens is 372 g/mol. The lowest BCUT2D eigenvalue weighted by Gasteiger charge is -2.10. The zero-order valence-electron chi connectivity index (χ0n) is 16.3. The van der Waals surface area contributed by atoms with Gasteiger partial charge in [-0.1, -0.05) is 47.7 Å². The van der Waals surface area contributed by atoms with Gasteiger partial charge in [0.05, 0.1) is 0 Å². The molecule has 0 aliphatic heterocycles. The average molecular weight is 397 g/mol. The van der Waals surface area contributed by atoms with Crippen molar-refractivity contribution in [2.75, 3.05) is 18.2 Å². The molecule has 1 amide bonds. The SMILES string of the molecule is COCc1nnc(SCCC(=O)Nc2ccc(C)cc2C)n1-c1ccccc1. The lowest BCUT2D eigenvalue weighted by molar-refractivity contribution is -0.115. The molecule has 0 unspecified atom stereocenters. The third-order valence-corrected chi connectivity index (χ3v) is 5.14. The third kappa shape index (κ3) is 4.99. The van der Waals surface area contributed by atoms with Crippen LogP contribution in [0.25, 0.3) is 5.69 Å². The van der Waals surface area contributed by atoms with Gasteiger partial charge in [-0.3, -0.25) is 9.36 Å². The van der Waals surface area contributed by atoms with Gasteiger partial charge in [-0.2, -0.15) is 0 Å². The molecule has 28 heavy (non-hydrogen) atoms. The highest BCUT2D eigenvalue weighted by molar-refractivity contribution is 7.99. The Bertz CT molecular complexity index is 941. The number of rotatable bonds is 8. The van der Waals surface area contributed by atoms with Gasteiger partial charge >= 0.3 is 0 Å². The number of carbonyl (C=O) groups is 1. The number of para-hydroxylation sites is 1. The minimum absolute atomic E-state index is 0.0117. The largest absolute Gasteiger partial charge is 0.377 e. The van der Waals surface area contributed by atoms with Crippen LogP contribution in [0.3, 0.4) is 0 Å². The fraction of sp³-hybridized carbons (Fsp3) is 0.286. The first-order valence-electron chi connectivity index (χ1n) is 9.07. The molecule has 0 radical (unpaired) electrons. The summed E-state index contributed by atoms with van der Waals surface area (Å²) in [6.07, 6.45) is 0.388. The van der Waals surface area contributed by atoms with Crippen LogP contribution in [0, 0.1) is 13.8 Å². The number of nitrogens with zero attached hydrogens (tertiary/aromatic N) is 3. The molecule has 0 fully saturated rings. The van der Waals surface area contributed by atoms with E-state index in [0.29, 0.717) is 18.8 Å². The van der Waals surface area contributed by atoms with Crippen LogP contribution in [0.5, 0.6) is 0 Å². The molecule has 1 N–H and O–H groups in total. The number of benzene rings is 2. The Morgan fingerprint density at radius 2 is 1.93 bits per heavy atom. The van der Waals surface area contributed by atoms with Crippen LogP contribution >= 0.6 is 11.8 Å². The average Bonchev–Trinajstić information content (AvgIpc) is 3.08. The van der Waals surface area contributed by atoms with Crippen LogP contribution in [0.4, 0.5) is 5.69 Å². The Balaban J connectivity index is 1.64. The molecule has 3 rings (SSSR count). The maximum absolute atomic E-state index is 12.3. The third-order valence-electron chi connectivity index (χ3n) is 4.20. The monoisotopic (exact) mass is 396 g/mol. The van der Waals surface area contributed by atoms with Crippen LogP contribution in [-0.4, -0.2) is 33.5 Å². The van der Waals surface area contributed by atoms with E-state index in [1.165, 1.54) is 17.3 Å². The standard InChI is InChI=1S/C21H24N4O2S/c1-15-9-10-18(16(2)13-15)22-20(26)11-12-28-21-24-23-19(14-27-3)25(21)17-7-5-4-6-8-17/h4-10,13H,11-12,14H2,1-3H3,(H,22,26). The van der Waals surface area contributed by atoms with Crippen LogP contribution in [0.15, 0.2) is 53.7 Å². The van der Waals surface area contributed by atoms with Gasteiger partial charge in [0.15, 0.2) is 11.0 Å². The smallest absolute Gasteiger partial charge is 0.225 e. The molecule has 0 bridgehead atoms. The fourth-order valence-electron chi connectivity index (χ4n) is 2.85. The van der Waals surface area contributed by atoms with E-state index >= 15 is 0 Å². The molecule has 0 aliphatic rings. The summed E-state index contributed by atoms with van der Waals surface area (Å²) in [5.41, 5.74) is 4.07. The summed E-state index contributed by atoms with van der Waals surface area (Å²) in [5, 5.41) is 12.2. The van der Waals surface area contributed by atoms with E-state index in [9.17, 15) is 4.79 Å². The molecule has 0 saturated heterocycles. The van der Waals surface area contributed by atoms with E-state index in [1.807, 2.05) is 60.9 Å². The number of carbonyl (C=O) groups excluding carboxylic acids is 1. The molecular formula is C21H24N4O2S. The van der Waals surface area contributed by atoms with Crippen LogP contribution < -0.4 is 5.32 Å². The molecule has 3 aromatic rings. The van der Waals surface area contributed by atoms with Crippen molar-refractivity contribution >= 4 is 23.4 Å². The van der Waals surface area contributed by atoms with E-state index in [2.05, 4.69) is 21.6 Å². The van der Waals surface area contributed by atoms with Crippen molar-refractivity contribution in [1.29, 1.82) is 0 Å². The highest BCUT2D eigenvalue weighted by Gasteiger charge is 2.15. The van der Waals surface area contributed by atoms with Crippen molar-refractivity contribution in [3.05, 3.63) is 65.5 Å². The minimum atomic E-state index is -0.0117. The molecule has 1 heterocycles. The fourth-order valence-corrected chi connectivity index (χ4v) is 3.76. The second-order valence-corrected chi connectivity index (χ2v) is 7.53. The van der Waals surface area contributed by atoms with Gasteiger partial charge in [-0.05, 0) is 37.6 Å². The van der Waals surface area contributed by atoms with Gasteiger partial charge in [0.25, 0.3) is 0 Å². The quantitative estimate of drug-likeness (QED) is 0.579. The maximum Gasteiger partial charge on any atom is 0.225 e. The number of aryl methyl sites for hydroxylation is 2. The van der Waals surface area contributed by atoms with Gasteiger partial charge in [0.1, 0.15) is 6.61 Å². The highest BCUT2D eigenvalue weighted by atomic mass is 32.2. The topological polar surface area (TPSA) is 69.0 Å². The van der Waals surface area contributed by atoms with Crippen LogP contribution in [0.1, 0.15) is 23.4 Å². The molecule has 0 aliphatic carbocycles. The number of methoxy groups -OCH3 is 1. The maximum atomic E-state index is 12.3. The Kier molecular flexibility index (Phi) is 6.84. The summed E-state index contributed by atoms with van der Waals surface area (Å²) in [6, 6.07) is 15.9. The Morgan fingerprint density at radius 1 is 1.14 bits per heavy atom. The first kappa shape index (κ1) is 20.1. The zero-order valence-corrected chi connectivity index (χ0v) is 17.1. The first-order chi connectivity index (χ1) is 13.6. The van der Waals surface area contributed by atoms with Crippen molar-refractivity contribution in [3.8, 4) is 5.69 Å². The summed E-state index contributed by atoms with van der Waals surface area (Å²) in [5.74, 6) is 1.33. The number of anilines is 1. The summed E-state index contributed by atoms with van der Waals surface area (Å²) in [6.45, 7) is 4.41. The van der Waals surface area contributed by atoms with E-state index < -0.39 is 0 Å². The van der Waals surface area contributed by atoms with Crippen molar-refractivity contribution in [1.82, 2.24) is 14.8 Å². The number of hydrogen-bond acceptors (Lipinski definition) is 5. The van der Waals surface area contributed by atoms with E-state index in [1.54, 1.807) is 7.11 Å². The van der Waals surface area contributed by atoms with Crippen molar-refractivity contribution in [3.63, 3.8) is 0 Å². The normalized spacial score (nSPS) is 10.8. The number of ether oxygens (including phenoxy) is 1. The summed E-state index contributed by atoms with van der Waals surface area (Å²) in [4.78, 5) is 12.3. The van der Waals surface area contributed by atoms with E-state index in [0.717, 1.165) is 27.9 Å². The van der Waals surface area contributed by atoms with Gasteiger partial charge < -0.3 is 10.1 Å². The predicted molar refractivity (Wildman–Crippen MR) is 112 cm³/mol. The Hall–Kier alpha value is -2.64. The lowest BCUT2D eigenvalue weighted by Crippen LogP contribution is -2.13.